The number of amides is 1. The Morgan fingerprint density at radius 1 is 1.37 bits per heavy atom. The largest absolute Gasteiger partial charge is 0.480 e. The van der Waals surface area contributed by atoms with Gasteiger partial charge in [0.1, 0.15) is 12.6 Å². The zero-order valence-corrected chi connectivity index (χ0v) is 11.5. The Labute approximate surface area is 116 Å². The van der Waals surface area contributed by atoms with Crippen molar-refractivity contribution in [3.05, 3.63) is 35.9 Å². The van der Waals surface area contributed by atoms with Gasteiger partial charge < -0.3 is 15.2 Å². The van der Waals surface area contributed by atoms with Crippen molar-refractivity contribution in [3.8, 4) is 0 Å². The van der Waals surface area contributed by atoms with Gasteiger partial charge in [-0.15, -0.1) is 0 Å². The van der Waals surface area contributed by atoms with E-state index in [1.165, 1.54) is 11.8 Å². The van der Waals surface area contributed by atoms with E-state index in [-0.39, 0.29) is 6.61 Å². The molecular formula is C13H17NO4S. The molecule has 1 amide bonds. The number of carbonyl (C=O) groups excluding carboxylic acids is 1. The molecule has 0 unspecified atom stereocenters. The SMILES string of the molecule is CSCC[C@@H](NC(=O)OCc1ccccc1)C(=O)O. The average molecular weight is 283 g/mol. The summed E-state index contributed by atoms with van der Waals surface area (Å²) in [5.41, 5.74) is 0.855. The number of aliphatic carboxylic acids is 1. The van der Waals surface area contributed by atoms with Crippen LogP contribution in [0.3, 0.4) is 0 Å². The van der Waals surface area contributed by atoms with Gasteiger partial charge in [-0.1, -0.05) is 30.3 Å². The van der Waals surface area contributed by atoms with Gasteiger partial charge in [-0.05, 0) is 24.0 Å². The summed E-state index contributed by atoms with van der Waals surface area (Å²) < 4.78 is 4.97. The quantitative estimate of drug-likeness (QED) is 0.801. The van der Waals surface area contributed by atoms with Gasteiger partial charge in [-0.2, -0.15) is 11.8 Å². The van der Waals surface area contributed by atoms with Gasteiger partial charge in [0.2, 0.25) is 0 Å². The summed E-state index contributed by atoms with van der Waals surface area (Å²) in [5, 5.41) is 11.3. The van der Waals surface area contributed by atoms with Crippen LogP contribution in [-0.4, -0.2) is 35.2 Å². The van der Waals surface area contributed by atoms with Gasteiger partial charge in [0.05, 0.1) is 0 Å². The average Bonchev–Trinajstić information content (AvgIpc) is 2.42. The number of carboxylic acids is 1. The summed E-state index contributed by atoms with van der Waals surface area (Å²) in [5.74, 6) is -0.388. The third-order valence-corrected chi connectivity index (χ3v) is 3.06. The molecule has 6 heteroatoms. The molecule has 1 atom stereocenters. The van der Waals surface area contributed by atoms with Crippen LogP contribution in [0.25, 0.3) is 0 Å². The van der Waals surface area contributed by atoms with Crippen LogP contribution < -0.4 is 5.32 Å². The number of hydrogen-bond donors (Lipinski definition) is 2. The molecule has 0 bridgehead atoms. The van der Waals surface area contributed by atoms with E-state index >= 15 is 0 Å². The highest BCUT2D eigenvalue weighted by atomic mass is 32.2. The molecule has 104 valence electrons. The number of nitrogens with one attached hydrogen (secondary N) is 1. The molecule has 1 rings (SSSR count). The van der Waals surface area contributed by atoms with Crippen LogP contribution in [0, 0.1) is 0 Å². The second-order valence-corrected chi connectivity index (χ2v) is 4.86. The normalized spacial score (nSPS) is 11.6. The molecule has 0 radical (unpaired) electrons. The van der Waals surface area contributed by atoms with Crippen molar-refractivity contribution in [2.45, 2.75) is 19.1 Å². The van der Waals surface area contributed by atoms with Crippen LogP contribution in [0.1, 0.15) is 12.0 Å². The molecule has 0 aliphatic heterocycles. The summed E-state index contributed by atoms with van der Waals surface area (Å²) in [7, 11) is 0. The number of carboxylic acid groups (broad SMARTS) is 1. The maximum absolute atomic E-state index is 11.5. The third kappa shape index (κ3) is 6.15. The highest BCUT2D eigenvalue weighted by molar-refractivity contribution is 7.98. The van der Waals surface area contributed by atoms with Crippen molar-refractivity contribution < 1.29 is 19.4 Å². The topological polar surface area (TPSA) is 75.6 Å². The number of thioether (sulfide) groups is 1. The first-order valence-corrected chi connectivity index (χ1v) is 7.22. The molecule has 0 spiro atoms. The molecular weight excluding hydrogens is 266 g/mol. The van der Waals surface area contributed by atoms with Crippen LogP contribution in [0.5, 0.6) is 0 Å². The molecule has 5 nitrogen and oxygen atoms in total. The minimum absolute atomic E-state index is 0.127. The van der Waals surface area contributed by atoms with E-state index in [1.807, 2.05) is 36.6 Å². The number of carbonyl (C=O) groups is 2. The van der Waals surface area contributed by atoms with Crippen molar-refractivity contribution in [3.63, 3.8) is 0 Å². The first-order valence-electron chi connectivity index (χ1n) is 5.82. The Morgan fingerprint density at radius 2 is 2.05 bits per heavy atom. The molecule has 0 heterocycles. The van der Waals surface area contributed by atoms with Crippen molar-refractivity contribution in [1.29, 1.82) is 0 Å². The smallest absolute Gasteiger partial charge is 0.408 e. The number of rotatable bonds is 7. The van der Waals surface area contributed by atoms with E-state index in [0.29, 0.717) is 12.2 Å². The fraction of sp³-hybridized carbons (Fsp3) is 0.385. The van der Waals surface area contributed by atoms with Crippen LogP contribution in [0.4, 0.5) is 4.79 Å². The van der Waals surface area contributed by atoms with Crippen LogP contribution in [0.15, 0.2) is 30.3 Å². The minimum Gasteiger partial charge on any atom is -0.480 e. The van der Waals surface area contributed by atoms with E-state index < -0.39 is 18.1 Å². The van der Waals surface area contributed by atoms with Crippen LogP contribution in [-0.2, 0) is 16.1 Å². The van der Waals surface area contributed by atoms with E-state index in [1.54, 1.807) is 0 Å². The summed E-state index contributed by atoms with van der Waals surface area (Å²) >= 11 is 1.53. The lowest BCUT2D eigenvalue weighted by atomic mass is 10.2. The molecule has 0 aromatic heterocycles. The highest BCUT2D eigenvalue weighted by Gasteiger charge is 2.19. The summed E-state index contributed by atoms with van der Waals surface area (Å²) in [4.78, 5) is 22.4. The van der Waals surface area contributed by atoms with Crippen molar-refractivity contribution in [2.75, 3.05) is 12.0 Å². The predicted octanol–water partition coefficient (Wildman–Crippen LogP) is 2.12. The summed E-state index contributed by atoms with van der Waals surface area (Å²) in [6.45, 7) is 0.127. The van der Waals surface area contributed by atoms with Crippen LogP contribution in [0.2, 0.25) is 0 Å². The van der Waals surface area contributed by atoms with Gasteiger partial charge in [0, 0.05) is 0 Å². The lowest BCUT2D eigenvalue weighted by molar-refractivity contribution is -0.139. The molecule has 0 aliphatic rings. The molecule has 2 N–H and O–H groups in total. The second kappa shape index (κ2) is 8.42. The molecule has 19 heavy (non-hydrogen) atoms. The van der Waals surface area contributed by atoms with E-state index in [4.69, 9.17) is 9.84 Å². The Morgan fingerprint density at radius 3 is 2.63 bits per heavy atom. The van der Waals surface area contributed by atoms with Crippen molar-refractivity contribution >= 4 is 23.8 Å². The second-order valence-electron chi connectivity index (χ2n) is 3.88. The molecule has 1 aromatic carbocycles. The standard InChI is InChI=1S/C13H17NO4S/c1-19-8-7-11(12(15)16)14-13(17)18-9-10-5-3-2-4-6-10/h2-6,11H,7-9H2,1H3,(H,14,17)(H,15,16)/t11-/m1/s1. The number of benzene rings is 1. The van der Waals surface area contributed by atoms with E-state index in [2.05, 4.69) is 5.32 Å². The molecule has 0 aliphatic carbocycles. The summed E-state index contributed by atoms with van der Waals surface area (Å²) in [6, 6.07) is 8.30. The van der Waals surface area contributed by atoms with Crippen molar-refractivity contribution in [2.24, 2.45) is 0 Å². The van der Waals surface area contributed by atoms with Gasteiger partial charge >= 0.3 is 12.1 Å². The van der Waals surface area contributed by atoms with Crippen LogP contribution >= 0.6 is 11.8 Å². The molecule has 0 saturated carbocycles. The minimum atomic E-state index is -1.05. The fourth-order valence-corrected chi connectivity index (χ4v) is 1.87. The number of alkyl carbamates (subject to hydrolysis) is 1. The first-order chi connectivity index (χ1) is 9.13. The number of ether oxygens (including phenoxy) is 1. The fourth-order valence-electron chi connectivity index (χ4n) is 1.40. The molecule has 0 fully saturated rings. The van der Waals surface area contributed by atoms with Gasteiger partial charge in [0.25, 0.3) is 0 Å². The predicted molar refractivity (Wildman–Crippen MR) is 74.2 cm³/mol. The maximum atomic E-state index is 11.5. The van der Waals surface area contributed by atoms with Gasteiger partial charge in [-0.25, -0.2) is 9.59 Å². The van der Waals surface area contributed by atoms with E-state index in [9.17, 15) is 9.59 Å². The maximum Gasteiger partial charge on any atom is 0.408 e. The zero-order valence-electron chi connectivity index (χ0n) is 10.7. The summed E-state index contributed by atoms with van der Waals surface area (Å²) in [6.07, 6.45) is 1.54. The Balaban J connectivity index is 2.38. The van der Waals surface area contributed by atoms with Gasteiger partial charge in [-0.3, -0.25) is 0 Å². The Kier molecular flexibility index (Phi) is 6.81. The third-order valence-electron chi connectivity index (χ3n) is 2.41. The Bertz CT molecular complexity index is 410. The highest BCUT2D eigenvalue weighted by Crippen LogP contribution is 2.03. The Hall–Kier alpha value is -1.69. The first kappa shape index (κ1) is 15.4. The monoisotopic (exact) mass is 283 g/mol. The van der Waals surface area contributed by atoms with E-state index in [0.717, 1.165) is 5.56 Å². The lowest BCUT2D eigenvalue weighted by Gasteiger charge is -2.13. The number of hydrogen-bond acceptors (Lipinski definition) is 4. The molecule has 0 saturated heterocycles. The van der Waals surface area contributed by atoms with Gasteiger partial charge in [0.15, 0.2) is 0 Å². The van der Waals surface area contributed by atoms with Crippen molar-refractivity contribution in [1.82, 2.24) is 5.32 Å². The zero-order chi connectivity index (χ0) is 14.1. The molecule has 1 aromatic rings. The lowest BCUT2D eigenvalue weighted by Crippen LogP contribution is -2.41.